The number of benzene rings is 1. The molecule has 0 heterocycles. The first-order chi connectivity index (χ1) is 8.52. The number of carbonyl (C=O) groups is 1. The maximum atomic E-state index is 12.9. The summed E-state index contributed by atoms with van der Waals surface area (Å²) < 4.78 is 25.8. The Bertz CT molecular complexity index is 390. The van der Waals surface area contributed by atoms with Gasteiger partial charge in [-0.15, -0.1) is 0 Å². The van der Waals surface area contributed by atoms with Crippen LogP contribution in [-0.4, -0.2) is 37.5 Å². The molecule has 0 bridgehead atoms. The molecule has 3 nitrogen and oxygen atoms in total. The first kappa shape index (κ1) is 14.6. The number of hydrogen-bond acceptors (Lipinski definition) is 2. The molecule has 0 radical (unpaired) electrons. The highest BCUT2D eigenvalue weighted by atomic mass is 19.1. The number of nitrogens with one attached hydrogen (secondary N) is 1. The summed E-state index contributed by atoms with van der Waals surface area (Å²) in [6.07, 6.45) is 0.484. The van der Waals surface area contributed by atoms with E-state index in [0.717, 1.165) is 6.07 Å². The molecule has 0 saturated heterocycles. The topological polar surface area (TPSA) is 32.3 Å². The highest BCUT2D eigenvalue weighted by Crippen LogP contribution is 2.07. The van der Waals surface area contributed by atoms with Gasteiger partial charge >= 0.3 is 0 Å². The van der Waals surface area contributed by atoms with Gasteiger partial charge in [-0.05, 0) is 37.6 Å². The summed E-state index contributed by atoms with van der Waals surface area (Å²) in [6.45, 7) is 3.30. The van der Waals surface area contributed by atoms with Crippen LogP contribution in [0, 0.1) is 11.6 Å². The first-order valence-electron chi connectivity index (χ1n) is 5.92. The molecule has 0 saturated carbocycles. The van der Waals surface area contributed by atoms with Crippen molar-refractivity contribution in [1.29, 1.82) is 0 Å². The molecule has 1 aromatic carbocycles. The molecule has 100 valence electrons. The molecule has 1 N–H and O–H groups in total. The standard InChI is InChI=1S/C13H18F2N2O/c1-3-17(2)13(18)9-16-5-4-10-6-11(14)8-12(15)7-10/h6-8,16H,3-5,9H2,1-2H3. The minimum Gasteiger partial charge on any atom is -0.345 e. The molecule has 1 rings (SSSR count). The smallest absolute Gasteiger partial charge is 0.236 e. The number of hydrogen-bond donors (Lipinski definition) is 1. The Morgan fingerprint density at radius 3 is 2.44 bits per heavy atom. The molecule has 0 aliphatic carbocycles. The summed E-state index contributed by atoms with van der Waals surface area (Å²) in [5, 5.41) is 2.95. The minimum atomic E-state index is -0.577. The Balaban J connectivity index is 2.31. The van der Waals surface area contributed by atoms with Crippen LogP contribution >= 0.6 is 0 Å². The lowest BCUT2D eigenvalue weighted by molar-refractivity contribution is -0.128. The van der Waals surface area contributed by atoms with Crippen molar-refractivity contribution in [2.24, 2.45) is 0 Å². The largest absolute Gasteiger partial charge is 0.345 e. The lowest BCUT2D eigenvalue weighted by Gasteiger charge is -2.14. The van der Waals surface area contributed by atoms with Crippen LogP contribution in [0.5, 0.6) is 0 Å². The van der Waals surface area contributed by atoms with Gasteiger partial charge in [0.1, 0.15) is 11.6 Å². The summed E-state index contributed by atoms with van der Waals surface area (Å²) in [4.78, 5) is 13.0. The van der Waals surface area contributed by atoms with E-state index in [4.69, 9.17) is 0 Å². The van der Waals surface area contributed by atoms with Crippen LogP contribution in [-0.2, 0) is 11.2 Å². The van der Waals surface area contributed by atoms with Gasteiger partial charge in [0.15, 0.2) is 0 Å². The summed E-state index contributed by atoms with van der Waals surface area (Å²) in [5.41, 5.74) is 0.580. The molecule has 0 fully saturated rings. The van der Waals surface area contributed by atoms with Crippen LogP contribution < -0.4 is 5.32 Å². The molecule has 5 heteroatoms. The van der Waals surface area contributed by atoms with Gasteiger partial charge in [0.25, 0.3) is 0 Å². The quantitative estimate of drug-likeness (QED) is 0.784. The second kappa shape index (κ2) is 7.06. The highest BCUT2D eigenvalue weighted by Gasteiger charge is 2.05. The zero-order valence-corrected chi connectivity index (χ0v) is 10.7. The molecular formula is C13H18F2N2O. The van der Waals surface area contributed by atoms with E-state index in [0.29, 0.717) is 25.1 Å². The van der Waals surface area contributed by atoms with Crippen molar-refractivity contribution in [3.05, 3.63) is 35.4 Å². The van der Waals surface area contributed by atoms with E-state index in [1.807, 2.05) is 6.92 Å². The minimum absolute atomic E-state index is 0.00271. The lowest BCUT2D eigenvalue weighted by Crippen LogP contribution is -2.36. The maximum Gasteiger partial charge on any atom is 0.236 e. The first-order valence-corrected chi connectivity index (χ1v) is 5.92. The third-order valence-corrected chi connectivity index (χ3v) is 2.69. The van der Waals surface area contributed by atoms with Gasteiger partial charge in [-0.2, -0.15) is 0 Å². The van der Waals surface area contributed by atoms with E-state index in [2.05, 4.69) is 5.32 Å². The van der Waals surface area contributed by atoms with Crippen molar-refractivity contribution in [1.82, 2.24) is 10.2 Å². The molecule has 0 aliphatic rings. The Morgan fingerprint density at radius 1 is 1.28 bits per heavy atom. The fourth-order valence-corrected chi connectivity index (χ4v) is 1.49. The predicted octanol–water partition coefficient (Wildman–Crippen LogP) is 1.58. The Labute approximate surface area is 106 Å². The van der Waals surface area contributed by atoms with Crippen LogP contribution in [0.25, 0.3) is 0 Å². The number of carbonyl (C=O) groups excluding carboxylic acids is 1. The van der Waals surface area contributed by atoms with E-state index in [1.54, 1.807) is 11.9 Å². The predicted molar refractivity (Wildman–Crippen MR) is 66.2 cm³/mol. The third-order valence-electron chi connectivity index (χ3n) is 2.69. The molecular weight excluding hydrogens is 238 g/mol. The van der Waals surface area contributed by atoms with E-state index < -0.39 is 11.6 Å². The molecule has 0 atom stereocenters. The molecule has 0 spiro atoms. The Morgan fingerprint density at radius 2 is 1.89 bits per heavy atom. The molecule has 0 aromatic heterocycles. The number of amides is 1. The Hall–Kier alpha value is -1.49. The van der Waals surface area contributed by atoms with E-state index in [1.165, 1.54) is 12.1 Å². The van der Waals surface area contributed by atoms with Crippen molar-refractivity contribution in [3.63, 3.8) is 0 Å². The van der Waals surface area contributed by atoms with E-state index in [-0.39, 0.29) is 12.5 Å². The van der Waals surface area contributed by atoms with Crippen molar-refractivity contribution in [2.75, 3.05) is 26.7 Å². The number of rotatable bonds is 6. The van der Waals surface area contributed by atoms with E-state index in [9.17, 15) is 13.6 Å². The number of nitrogens with zero attached hydrogens (tertiary/aromatic N) is 1. The molecule has 18 heavy (non-hydrogen) atoms. The van der Waals surface area contributed by atoms with Crippen LogP contribution in [0.1, 0.15) is 12.5 Å². The normalized spacial score (nSPS) is 10.4. The number of halogens is 2. The van der Waals surface area contributed by atoms with E-state index >= 15 is 0 Å². The number of likely N-dealkylation sites (N-methyl/N-ethyl adjacent to an activating group) is 1. The molecule has 1 amide bonds. The van der Waals surface area contributed by atoms with Crippen LogP contribution in [0.3, 0.4) is 0 Å². The fraction of sp³-hybridized carbons (Fsp3) is 0.462. The molecule has 0 unspecified atom stereocenters. The van der Waals surface area contributed by atoms with Crippen molar-refractivity contribution >= 4 is 5.91 Å². The average molecular weight is 256 g/mol. The summed E-state index contributed by atoms with van der Waals surface area (Å²) in [7, 11) is 1.73. The van der Waals surface area contributed by atoms with Crippen LogP contribution in [0.15, 0.2) is 18.2 Å². The van der Waals surface area contributed by atoms with Gasteiger partial charge in [0.2, 0.25) is 5.91 Å². The average Bonchev–Trinajstić information content (AvgIpc) is 2.32. The van der Waals surface area contributed by atoms with Crippen molar-refractivity contribution in [2.45, 2.75) is 13.3 Å². The van der Waals surface area contributed by atoms with Gasteiger partial charge in [-0.3, -0.25) is 4.79 Å². The summed E-state index contributed by atoms with van der Waals surface area (Å²) >= 11 is 0. The van der Waals surface area contributed by atoms with Gasteiger partial charge in [0, 0.05) is 19.7 Å². The van der Waals surface area contributed by atoms with Crippen molar-refractivity contribution < 1.29 is 13.6 Å². The van der Waals surface area contributed by atoms with Gasteiger partial charge in [-0.25, -0.2) is 8.78 Å². The highest BCUT2D eigenvalue weighted by molar-refractivity contribution is 5.77. The van der Waals surface area contributed by atoms with Gasteiger partial charge in [-0.1, -0.05) is 0 Å². The van der Waals surface area contributed by atoms with Crippen LogP contribution in [0.4, 0.5) is 8.78 Å². The Kier molecular flexibility index (Phi) is 5.71. The zero-order valence-electron chi connectivity index (χ0n) is 10.7. The van der Waals surface area contributed by atoms with Crippen molar-refractivity contribution in [3.8, 4) is 0 Å². The second-order valence-electron chi connectivity index (χ2n) is 4.11. The summed E-state index contributed by atoms with van der Waals surface area (Å²) in [6, 6.07) is 3.44. The maximum absolute atomic E-state index is 12.9. The fourth-order valence-electron chi connectivity index (χ4n) is 1.49. The van der Waals surface area contributed by atoms with Gasteiger partial charge < -0.3 is 10.2 Å². The lowest BCUT2D eigenvalue weighted by atomic mass is 10.1. The third kappa shape index (κ3) is 4.79. The summed E-state index contributed by atoms with van der Waals surface area (Å²) in [5.74, 6) is -1.15. The van der Waals surface area contributed by atoms with Crippen LogP contribution in [0.2, 0.25) is 0 Å². The van der Waals surface area contributed by atoms with Gasteiger partial charge in [0.05, 0.1) is 6.54 Å². The molecule has 1 aromatic rings. The SMILES string of the molecule is CCN(C)C(=O)CNCCc1cc(F)cc(F)c1. The zero-order chi connectivity index (χ0) is 13.5. The molecule has 0 aliphatic heterocycles. The second-order valence-corrected chi connectivity index (χ2v) is 4.11. The monoisotopic (exact) mass is 256 g/mol.